The van der Waals surface area contributed by atoms with Crippen LogP contribution in [0.4, 0.5) is 5.69 Å². The maximum absolute atomic E-state index is 10.8. The Morgan fingerprint density at radius 1 is 1.42 bits per heavy atom. The molecule has 106 valence electrons. The fourth-order valence-electron chi connectivity index (χ4n) is 1.64. The molecule has 0 fully saturated rings. The largest absolute Gasteiger partial charge is 0.375 e. The van der Waals surface area contributed by atoms with Crippen molar-refractivity contribution in [3.05, 3.63) is 38.3 Å². The molecule has 2 N–H and O–H groups in total. The summed E-state index contributed by atoms with van der Waals surface area (Å²) in [5, 5.41) is 10.8. The van der Waals surface area contributed by atoms with E-state index in [1.807, 2.05) is 13.8 Å². The molecule has 0 heterocycles. The number of nitro groups is 1. The summed E-state index contributed by atoms with van der Waals surface area (Å²) in [4.78, 5) is 10.4. The van der Waals surface area contributed by atoms with E-state index in [2.05, 4.69) is 15.9 Å². The lowest BCUT2D eigenvalue weighted by molar-refractivity contribution is -0.385. The van der Waals surface area contributed by atoms with Crippen molar-refractivity contribution in [2.75, 3.05) is 6.61 Å². The maximum atomic E-state index is 10.8. The van der Waals surface area contributed by atoms with Gasteiger partial charge in [0.1, 0.15) is 4.47 Å². The van der Waals surface area contributed by atoms with Crippen LogP contribution in [0.1, 0.15) is 32.3 Å². The Balaban J connectivity index is 2.69. The van der Waals surface area contributed by atoms with Crippen molar-refractivity contribution in [3.63, 3.8) is 0 Å². The van der Waals surface area contributed by atoms with Crippen LogP contribution >= 0.6 is 15.9 Å². The summed E-state index contributed by atoms with van der Waals surface area (Å²) in [6.07, 6.45) is 1.67. The minimum Gasteiger partial charge on any atom is -0.375 e. The van der Waals surface area contributed by atoms with Gasteiger partial charge in [0.05, 0.1) is 18.1 Å². The molecule has 1 aromatic carbocycles. The molecule has 1 rings (SSSR count). The lowest BCUT2D eigenvalue weighted by Gasteiger charge is -2.26. The Hall–Kier alpha value is -0.980. The first-order valence-electron chi connectivity index (χ1n) is 6.22. The summed E-state index contributed by atoms with van der Waals surface area (Å²) >= 11 is 3.24. The number of benzene rings is 1. The summed E-state index contributed by atoms with van der Waals surface area (Å²) in [6.45, 7) is 4.79. The van der Waals surface area contributed by atoms with Crippen LogP contribution in [0.25, 0.3) is 0 Å². The molecule has 0 saturated heterocycles. The summed E-state index contributed by atoms with van der Waals surface area (Å²) in [5.74, 6) is 0. The monoisotopic (exact) mass is 330 g/mol. The van der Waals surface area contributed by atoms with Gasteiger partial charge in [-0.3, -0.25) is 10.1 Å². The average molecular weight is 331 g/mol. The van der Waals surface area contributed by atoms with Gasteiger partial charge in [-0.1, -0.05) is 26.0 Å². The Kier molecular flexibility index (Phi) is 5.90. The number of rotatable bonds is 7. The van der Waals surface area contributed by atoms with Gasteiger partial charge in [-0.05, 0) is 34.3 Å². The van der Waals surface area contributed by atoms with E-state index in [9.17, 15) is 10.1 Å². The van der Waals surface area contributed by atoms with Crippen LogP contribution in [0.2, 0.25) is 0 Å². The molecule has 0 unspecified atom stereocenters. The van der Waals surface area contributed by atoms with Crippen molar-refractivity contribution < 1.29 is 9.66 Å². The number of nitrogens with zero attached hydrogens (tertiary/aromatic N) is 1. The highest BCUT2D eigenvalue weighted by Gasteiger charge is 2.21. The molecule has 1 aromatic rings. The zero-order valence-electron chi connectivity index (χ0n) is 11.2. The summed E-state index contributed by atoms with van der Waals surface area (Å²) in [5.41, 5.74) is 6.61. The van der Waals surface area contributed by atoms with Crippen LogP contribution in [0.15, 0.2) is 22.7 Å². The molecular weight excluding hydrogens is 312 g/mol. The second kappa shape index (κ2) is 6.98. The van der Waals surface area contributed by atoms with Gasteiger partial charge in [-0.2, -0.15) is 0 Å². The van der Waals surface area contributed by atoms with Crippen LogP contribution in [-0.4, -0.2) is 17.1 Å². The highest BCUT2D eigenvalue weighted by Crippen LogP contribution is 2.28. The molecule has 0 saturated carbocycles. The minimum atomic E-state index is -0.418. The molecule has 0 aliphatic carbocycles. The fraction of sp³-hybridized carbons (Fsp3) is 0.538. The first kappa shape index (κ1) is 16.1. The number of ether oxygens (including phenoxy) is 1. The van der Waals surface area contributed by atoms with E-state index in [1.165, 1.54) is 6.07 Å². The molecular formula is C13H19BrN2O3. The smallest absolute Gasteiger partial charge is 0.283 e. The van der Waals surface area contributed by atoms with E-state index in [0.29, 0.717) is 17.7 Å². The third kappa shape index (κ3) is 4.26. The molecule has 0 aliphatic rings. The van der Waals surface area contributed by atoms with E-state index in [1.54, 1.807) is 12.1 Å². The summed E-state index contributed by atoms with van der Waals surface area (Å²) in [6, 6.07) is 4.91. The molecule has 0 aromatic heterocycles. The SMILES string of the molecule is CCC(N)(CC)COCc1cccc([N+](=O)[O-])c1Br. The topological polar surface area (TPSA) is 78.4 Å². The number of hydrogen-bond donors (Lipinski definition) is 1. The van der Waals surface area contributed by atoms with Crippen LogP contribution < -0.4 is 5.73 Å². The molecule has 0 atom stereocenters. The molecule has 0 spiro atoms. The highest BCUT2D eigenvalue weighted by atomic mass is 79.9. The predicted octanol–water partition coefficient (Wildman–Crippen LogP) is 3.39. The van der Waals surface area contributed by atoms with Gasteiger partial charge in [-0.25, -0.2) is 0 Å². The molecule has 5 nitrogen and oxygen atoms in total. The Labute approximate surface area is 121 Å². The molecule has 0 amide bonds. The van der Waals surface area contributed by atoms with Crippen LogP contribution in [0, 0.1) is 10.1 Å². The van der Waals surface area contributed by atoms with Gasteiger partial charge in [0.25, 0.3) is 5.69 Å². The highest BCUT2D eigenvalue weighted by molar-refractivity contribution is 9.10. The van der Waals surface area contributed by atoms with Crippen LogP contribution in [-0.2, 0) is 11.3 Å². The van der Waals surface area contributed by atoms with Gasteiger partial charge in [-0.15, -0.1) is 0 Å². The van der Waals surface area contributed by atoms with Crippen molar-refractivity contribution in [1.82, 2.24) is 0 Å². The summed E-state index contributed by atoms with van der Waals surface area (Å²) in [7, 11) is 0. The number of hydrogen-bond acceptors (Lipinski definition) is 4. The fourth-order valence-corrected chi connectivity index (χ4v) is 2.16. The first-order chi connectivity index (χ1) is 8.93. The third-order valence-corrected chi connectivity index (χ3v) is 4.23. The number of nitrogens with two attached hydrogens (primary N) is 1. The second-order valence-corrected chi connectivity index (χ2v) is 5.36. The van der Waals surface area contributed by atoms with E-state index >= 15 is 0 Å². The molecule has 0 bridgehead atoms. The van der Waals surface area contributed by atoms with Crippen molar-refractivity contribution in [1.29, 1.82) is 0 Å². The maximum Gasteiger partial charge on any atom is 0.283 e. The zero-order chi connectivity index (χ0) is 14.5. The normalized spacial score (nSPS) is 11.6. The Morgan fingerprint density at radius 3 is 2.58 bits per heavy atom. The third-order valence-electron chi connectivity index (χ3n) is 3.31. The van der Waals surface area contributed by atoms with Crippen LogP contribution in [0.3, 0.4) is 0 Å². The first-order valence-corrected chi connectivity index (χ1v) is 7.01. The van der Waals surface area contributed by atoms with Gasteiger partial charge in [0, 0.05) is 11.6 Å². The van der Waals surface area contributed by atoms with Crippen LogP contribution in [0.5, 0.6) is 0 Å². The van der Waals surface area contributed by atoms with Crippen molar-refractivity contribution in [2.45, 2.75) is 38.8 Å². The quantitative estimate of drug-likeness (QED) is 0.613. The molecule has 6 heteroatoms. The molecule has 0 radical (unpaired) electrons. The van der Waals surface area contributed by atoms with E-state index in [-0.39, 0.29) is 11.2 Å². The lowest BCUT2D eigenvalue weighted by Crippen LogP contribution is -2.43. The average Bonchev–Trinajstić information content (AvgIpc) is 2.40. The van der Waals surface area contributed by atoms with Gasteiger partial charge >= 0.3 is 0 Å². The van der Waals surface area contributed by atoms with E-state index in [0.717, 1.165) is 18.4 Å². The zero-order valence-corrected chi connectivity index (χ0v) is 12.8. The number of halogens is 1. The predicted molar refractivity (Wildman–Crippen MR) is 78.0 cm³/mol. The van der Waals surface area contributed by atoms with Crippen molar-refractivity contribution in [3.8, 4) is 0 Å². The van der Waals surface area contributed by atoms with Crippen molar-refractivity contribution >= 4 is 21.6 Å². The van der Waals surface area contributed by atoms with Gasteiger partial charge in [0.15, 0.2) is 0 Å². The van der Waals surface area contributed by atoms with Gasteiger partial charge in [0.2, 0.25) is 0 Å². The van der Waals surface area contributed by atoms with E-state index in [4.69, 9.17) is 10.5 Å². The Morgan fingerprint density at radius 2 is 2.05 bits per heavy atom. The van der Waals surface area contributed by atoms with Gasteiger partial charge < -0.3 is 10.5 Å². The number of nitro benzene ring substituents is 1. The van der Waals surface area contributed by atoms with Crippen molar-refractivity contribution in [2.24, 2.45) is 5.73 Å². The molecule has 19 heavy (non-hydrogen) atoms. The minimum absolute atomic E-state index is 0.0473. The lowest BCUT2D eigenvalue weighted by atomic mass is 9.96. The Bertz CT molecular complexity index is 448. The van der Waals surface area contributed by atoms with E-state index < -0.39 is 4.92 Å². The standard InChI is InChI=1S/C13H19BrN2O3/c1-3-13(15,4-2)9-19-8-10-6-5-7-11(12(10)14)16(17)18/h5-7H,3-4,8-9,15H2,1-2H3. The summed E-state index contributed by atoms with van der Waals surface area (Å²) < 4.78 is 6.07. The molecule has 0 aliphatic heterocycles. The second-order valence-electron chi connectivity index (χ2n) is 4.57.